The van der Waals surface area contributed by atoms with Gasteiger partial charge in [0.2, 0.25) is 0 Å². The first-order valence-corrected chi connectivity index (χ1v) is 8.32. The summed E-state index contributed by atoms with van der Waals surface area (Å²) in [5, 5.41) is 14.1. The Morgan fingerprint density at radius 2 is 1.70 bits per heavy atom. The molecule has 0 fully saturated rings. The monoisotopic (exact) mass is 359 g/mol. The van der Waals surface area contributed by atoms with Gasteiger partial charge in [0, 0.05) is 24.5 Å². The average molecular weight is 359 g/mol. The minimum atomic E-state index is -0.196. The Bertz CT molecular complexity index is 1130. The Labute approximate surface area is 154 Å². The van der Waals surface area contributed by atoms with Crippen molar-refractivity contribution in [3.05, 3.63) is 71.1 Å². The Balaban J connectivity index is 1.79. The lowest BCUT2D eigenvalue weighted by molar-refractivity contribution is 0.876. The maximum atomic E-state index is 12.6. The second kappa shape index (κ2) is 6.75. The van der Waals surface area contributed by atoms with E-state index in [1.807, 2.05) is 48.5 Å². The molecule has 4 rings (SSSR count). The number of nitrogen functional groups attached to an aromatic ring is 1. The van der Waals surface area contributed by atoms with Crippen LogP contribution in [0.25, 0.3) is 33.6 Å². The van der Waals surface area contributed by atoms with E-state index in [9.17, 15) is 4.79 Å². The first kappa shape index (κ1) is 16.5. The molecule has 2 heterocycles. The number of pyridine rings is 1. The molecule has 0 atom stereocenters. The van der Waals surface area contributed by atoms with Crippen LogP contribution in [0.5, 0.6) is 0 Å². The molecule has 0 radical (unpaired) electrons. The number of aromatic nitrogens is 5. The summed E-state index contributed by atoms with van der Waals surface area (Å²) in [7, 11) is 1.68. The zero-order valence-electron chi connectivity index (χ0n) is 14.5. The molecule has 0 saturated carbocycles. The van der Waals surface area contributed by atoms with Crippen LogP contribution in [-0.4, -0.2) is 32.3 Å². The van der Waals surface area contributed by atoms with Gasteiger partial charge in [-0.3, -0.25) is 4.79 Å². The fourth-order valence-electron chi connectivity index (χ4n) is 3.05. The highest BCUT2D eigenvalue weighted by Crippen LogP contribution is 2.31. The zero-order chi connectivity index (χ0) is 18.8. The maximum absolute atomic E-state index is 12.6. The molecule has 2 aromatic heterocycles. The summed E-state index contributed by atoms with van der Waals surface area (Å²) in [4.78, 5) is 12.6. The van der Waals surface area contributed by atoms with Crippen molar-refractivity contribution in [3.63, 3.8) is 0 Å². The Hall–Kier alpha value is -3.94. The number of aromatic amines is 1. The second-order valence-corrected chi connectivity index (χ2v) is 5.92. The third-order valence-electron chi connectivity index (χ3n) is 4.38. The summed E-state index contributed by atoms with van der Waals surface area (Å²) in [6, 6.07) is 17.2. The van der Waals surface area contributed by atoms with Gasteiger partial charge in [-0.25, -0.2) is 9.77 Å². The van der Waals surface area contributed by atoms with Gasteiger partial charge in [-0.2, -0.15) is 0 Å². The number of nitrogens with zero attached hydrogens (tertiary/aromatic N) is 4. The minimum Gasteiger partial charge on any atom is -0.398 e. The summed E-state index contributed by atoms with van der Waals surface area (Å²) >= 11 is 0. The first-order valence-electron chi connectivity index (χ1n) is 8.32. The molecule has 0 bridgehead atoms. The lowest BCUT2D eigenvalue weighted by atomic mass is 9.96. The van der Waals surface area contributed by atoms with Gasteiger partial charge in [0.1, 0.15) is 0 Å². The van der Waals surface area contributed by atoms with Crippen LogP contribution >= 0.6 is 0 Å². The van der Waals surface area contributed by atoms with E-state index >= 15 is 0 Å². The van der Waals surface area contributed by atoms with E-state index in [0.29, 0.717) is 17.1 Å². The number of nitrogens with one attached hydrogen (secondary N) is 2. The Morgan fingerprint density at radius 3 is 2.37 bits per heavy atom. The van der Waals surface area contributed by atoms with Crippen LogP contribution in [0.2, 0.25) is 0 Å². The van der Waals surface area contributed by atoms with Crippen LogP contribution in [0.3, 0.4) is 0 Å². The fraction of sp³-hybridized carbons (Fsp3) is 0.0526. The largest absolute Gasteiger partial charge is 0.398 e. The highest BCUT2D eigenvalue weighted by Gasteiger charge is 2.13. The van der Waals surface area contributed by atoms with E-state index in [4.69, 9.17) is 5.73 Å². The predicted molar refractivity (Wildman–Crippen MR) is 104 cm³/mol. The third kappa shape index (κ3) is 2.93. The summed E-state index contributed by atoms with van der Waals surface area (Å²) in [6.07, 6.45) is 1.61. The van der Waals surface area contributed by atoms with Crippen molar-refractivity contribution >= 4 is 5.69 Å². The number of rotatable bonds is 4. The molecule has 0 aliphatic heterocycles. The molecule has 0 unspecified atom stereocenters. The number of benzene rings is 2. The molecule has 8 heteroatoms. The molecule has 0 amide bonds. The molecule has 0 spiro atoms. The Morgan fingerprint density at radius 1 is 1.00 bits per heavy atom. The summed E-state index contributed by atoms with van der Waals surface area (Å²) in [6.45, 7) is 0. The number of hydrogen-bond acceptors (Lipinski definition) is 6. The highest BCUT2D eigenvalue weighted by atomic mass is 16.1. The van der Waals surface area contributed by atoms with E-state index in [2.05, 4.69) is 26.0 Å². The van der Waals surface area contributed by atoms with Gasteiger partial charge in [0.25, 0.3) is 5.56 Å². The van der Waals surface area contributed by atoms with Crippen LogP contribution in [0, 0.1) is 0 Å². The molecule has 2 aromatic carbocycles. The van der Waals surface area contributed by atoms with Crippen molar-refractivity contribution in [2.45, 2.75) is 0 Å². The molecule has 0 saturated heterocycles. The van der Waals surface area contributed by atoms with Crippen LogP contribution in [0.4, 0.5) is 5.69 Å². The smallest absolute Gasteiger partial charge is 0.278 e. The average Bonchev–Trinajstić information content (AvgIpc) is 3.23. The normalized spacial score (nSPS) is 10.7. The number of anilines is 1. The first-order chi connectivity index (χ1) is 13.2. The van der Waals surface area contributed by atoms with E-state index in [1.165, 1.54) is 4.68 Å². The lowest BCUT2D eigenvalue weighted by Gasteiger charge is -2.11. The standard InChI is InChI=1S/C19H17N7O/c1-21-26-11-10-16(20)17(19(26)27)13-8-6-12(7-9-13)14-4-2-3-5-15(14)18-22-24-25-23-18/h2-11,21H,20H2,1H3,(H,22,23,24,25). The lowest BCUT2D eigenvalue weighted by Crippen LogP contribution is -2.27. The summed E-state index contributed by atoms with van der Waals surface area (Å²) in [5.74, 6) is 0.596. The zero-order valence-corrected chi connectivity index (χ0v) is 14.5. The summed E-state index contributed by atoms with van der Waals surface area (Å²) < 4.78 is 1.39. The molecule has 0 aliphatic rings. The van der Waals surface area contributed by atoms with Crippen LogP contribution in [0.1, 0.15) is 0 Å². The van der Waals surface area contributed by atoms with Crippen LogP contribution < -0.4 is 16.7 Å². The van der Waals surface area contributed by atoms with Gasteiger partial charge < -0.3 is 11.2 Å². The minimum absolute atomic E-state index is 0.196. The van der Waals surface area contributed by atoms with Gasteiger partial charge >= 0.3 is 0 Å². The molecule has 4 N–H and O–H groups in total. The second-order valence-electron chi connectivity index (χ2n) is 5.92. The van der Waals surface area contributed by atoms with E-state index in [1.54, 1.807) is 19.3 Å². The topological polar surface area (TPSA) is 115 Å². The van der Waals surface area contributed by atoms with Gasteiger partial charge in [0.15, 0.2) is 5.82 Å². The molecular formula is C19H17N7O. The highest BCUT2D eigenvalue weighted by molar-refractivity contribution is 5.82. The van der Waals surface area contributed by atoms with Gasteiger partial charge in [-0.05, 0) is 33.2 Å². The van der Waals surface area contributed by atoms with Gasteiger partial charge in [0.05, 0.1) is 5.56 Å². The van der Waals surface area contributed by atoms with Gasteiger partial charge in [-0.1, -0.05) is 48.5 Å². The third-order valence-corrected chi connectivity index (χ3v) is 4.38. The van der Waals surface area contributed by atoms with Crippen molar-refractivity contribution in [2.24, 2.45) is 0 Å². The number of tetrazole rings is 1. The molecule has 0 aliphatic carbocycles. The number of H-pyrrole nitrogens is 1. The van der Waals surface area contributed by atoms with E-state index in [-0.39, 0.29) is 5.56 Å². The predicted octanol–water partition coefficient (Wildman–Crippen LogP) is 2.12. The Kier molecular flexibility index (Phi) is 4.13. The molecule has 8 nitrogen and oxygen atoms in total. The SMILES string of the molecule is CNn1ccc(N)c(-c2ccc(-c3ccccc3-c3nnn[nH]3)cc2)c1=O. The molecular weight excluding hydrogens is 342 g/mol. The molecule has 134 valence electrons. The van der Waals surface area contributed by atoms with Crippen molar-refractivity contribution in [3.8, 4) is 33.6 Å². The van der Waals surface area contributed by atoms with Gasteiger partial charge in [-0.15, -0.1) is 5.10 Å². The van der Waals surface area contributed by atoms with Crippen LogP contribution in [0.15, 0.2) is 65.6 Å². The van der Waals surface area contributed by atoms with Crippen molar-refractivity contribution in [1.29, 1.82) is 0 Å². The quantitative estimate of drug-likeness (QED) is 0.514. The summed E-state index contributed by atoms with van der Waals surface area (Å²) in [5.41, 5.74) is 13.2. The van der Waals surface area contributed by atoms with E-state index in [0.717, 1.165) is 22.3 Å². The van der Waals surface area contributed by atoms with Crippen LogP contribution in [-0.2, 0) is 0 Å². The van der Waals surface area contributed by atoms with Crippen molar-refractivity contribution < 1.29 is 0 Å². The van der Waals surface area contributed by atoms with Crippen molar-refractivity contribution in [1.82, 2.24) is 25.3 Å². The van der Waals surface area contributed by atoms with Crippen molar-refractivity contribution in [2.75, 3.05) is 18.2 Å². The molecule has 27 heavy (non-hydrogen) atoms. The number of nitrogens with two attached hydrogens (primary N) is 1. The molecule has 4 aromatic rings. The maximum Gasteiger partial charge on any atom is 0.278 e. The fourth-order valence-corrected chi connectivity index (χ4v) is 3.05. The van der Waals surface area contributed by atoms with E-state index < -0.39 is 0 Å². The number of hydrogen-bond donors (Lipinski definition) is 3.